The van der Waals surface area contributed by atoms with E-state index in [1.807, 2.05) is 52.0 Å². The van der Waals surface area contributed by atoms with Crippen molar-refractivity contribution in [2.45, 2.75) is 46.6 Å². The molecule has 1 fully saturated rings. The first-order valence-electron chi connectivity index (χ1n) is 10.2. The van der Waals surface area contributed by atoms with E-state index in [0.717, 1.165) is 18.7 Å². The number of benzene rings is 1. The van der Waals surface area contributed by atoms with Gasteiger partial charge in [-0.1, -0.05) is 51.1 Å². The molecule has 1 aromatic carbocycles. The van der Waals surface area contributed by atoms with Gasteiger partial charge in [-0.2, -0.15) is 0 Å². The van der Waals surface area contributed by atoms with E-state index < -0.39 is 5.41 Å². The summed E-state index contributed by atoms with van der Waals surface area (Å²) in [4.78, 5) is 28.2. The predicted molar refractivity (Wildman–Crippen MR) is 119 cm³/mol. The summed E-state index contributed by atoms with van der Waals surface area (Å²) in [7, 11) is 0. The number of aryl methyl sites for hydroxylation is 1. The van der Waals surface area contributed by atoms with Crippen molar-refractivity contribution < 1.29 is 9.59 Å². The first kappa shape index (κ1) is 21.5. The molecular weight excluding hydrogens is 382 g/mol. The summed E-state index contributed by atoms with van der Waals surface area (Å²) in [5.41, 5.74) is 1.64. The van der Waals surface area contributed by atoms with Crippen LogP contribution in [-0.2, 0) is 4.79 Å². The molecule has 0 spiro atoms. The Morgan fingerprint density at radius 1 is 1.14 bits per heavy atom. The predicted octanol–water partition coefficient (Wildman–Crippen LogP) is 4.61. The number of anilines is 1. The minimum absolute atomic E-state index is 0.0520. The van der Waals surface area contributed by atoms with Gasteiger partial charge in [-0.15, -0.1) is 11.3 Å². The van der Waals surface area contributed by atoms with Crippen LogP contribution in [0.3, 0.4) is 0 Å². The molecule has 0 radical (unpaired) electrons. The highest BCUT2D eigenvalue weighted by atomic mass is 32.1. The standard InChI is InChI=1S/C23H31N3O2S/c1-16-14-19(25-22(28)23(2,3)4)29-20(16)21(27)24-15-18(26-12-8-9-13-26)17-10-6-5-7-11-17/h5-7,10-11,14,18H,8-9,12-13,15H2,1-4H3,(H,24,27)(H,25,28). The van der Waals surface area contributed by atoms with Crippen LogP contribution in [-0.4, -0.2) is 36.3 Å². The molecule has 0 saturated carbocycles. The second kappa shape index (κ2) is 9.09. The van der Waals surface area contributed by atoms with Crippen LogP contribution in [0, 0.1) is 12.3 Å². The molecule has 6 heteroatoms. The molecule has 0 bridgehead atoms. The number of nitrogens with one attached hydrogen (secondary N) is 2. The van der Waals surface area contributed by atoms with E-state index in [2.05, 4.69) is 27.7 Å². The topological polar surface area (TPSA) is 61.4 Å². The van der Waals surface area contributed by atoms with Gasteiger partial charge in [0.15, 0.2) is 0 Å². The lowest BCUT2D eigenvalue weighted by Crippen LogP contribution is -2.36. The molecule has 1 atom stereocenters. The molecule has 1 aliphatic heterocycles. The van der Waals surface area contributed by atoms with Crippen LogP contribution in [0.15, 0.2) is 36.4 Å². The van der Waals surface area contributed by atoms with Gasteiger partial charge in [0.25, 0.3) is 5.91 Å². The molecule has 1 saturated heterocycles. The van der Waals surface area contributed by atoms with Gasteiger partial charge in [0.1, 0.15) is 0 Å². The van der Waals surface area contributed by atoms with Crippen molar-refractivity contribution in [1.82, 2.24) is 10.2 Å². The van der Waals surface area contributed by atoms with E-state index >= 15 is 0 Å². The Hall–Kier alpha value is -2.18. The number of carbonyl (C=O) groups excluding carboxylic acids is 2. The average Bonchev–Trinajstić information content (AvgIpc) is 3.32. The van der Waals surface area contributed by atoms with Crippen molar-refractivity contribution >= 4 is 28.2 Å². The largest absolute Gasteiger partial charge is 0.349 e. The summed E-state index contributed by atoms with van der Waals surface area (Å²) in [6, 6.07) is 12.4. The van der Waals surface area contributed by atoms with Crippen LogP contribution in [0.25, 0.3) is 0 Å². The van der Waals surface area contributed by atoms with Crippen LogP contribution in [0.5, 0.6) is 0 Å². The highest BCUT2D eigenvalue weighted by molar-refractivity contribution is 7.18. The van der Waals surface area contributed by atoms with Crippen LogP contribution in [0.4, 0.5) is 5.00 Å². The monoisotopic (exact) mass is 413 g/mol. The molecule has 2 aromatic rings. The van der Waals surface area contributed by atoms with Gasteiger partial charge in [-0.05, 0) is 50.0 Å². The van der Waals surface area contributed by atoms with Gasteiger partial charge in [-0.3, -0.25) is 14.5 Å². The van der Waals surface area contributed by atoms with E-state index in [1.165, 1.54) is 29.7 Å². The lowest BCUT2D eigenvalue weighted by Gasteiger charge is -2.28. The van der Waals surface area contributed by atoms with E-state index in [4.69, 9.17) is 0 Å². The van der Waals surface area contributed by atoms with Gasteiger partial charge >= 0.3 is 0 Å². The van der Waals surface area contributed by atoms with Crippen molar-refractivity contribution in [2.75, 3.05) is 25.0 Å². The van der Waals surface area contributed by atoms with E-state index in [9.17, 15) is 9.59 Å². The summed E-state index contributed by atoms with van der Waals surface area (Å²) in [5, 5.41) is 6.77. The van der Waals surface area contributed by atoms with Crippen LogP contribution in [0.1, 0.15) is 60.5 Å². The smallest absolute Gasteiger partial charge is 0.261 e. The van der Waals surface area contributed by atoms with Gasteiger partial charge in [0.2, 0.25) is 5.91 Å². The molecule has 5 nitrogen and oxygen atoms in total. The molecule has 2 N–H and O–H groups in total. The number of hydrogen-bond donors (Lipinski definition) is 2. The minimum Gasteiger partial charge on any atom is -0.349 e. The second-order valence-corrected chi connectivity index (χ2v) is 9.76. The van der Waals surface area contributed by atoms with Crippen LogP contribution >= 0.6 is 11.3 Å². The highest BCUT2D eigenvalue weighted by Crippen LogP contribution is 2.29. The van der Waals surface area contributed by atoms with Crippen molar-refractivity contribution in [1.29, 1.82) is 0 Å². The summed E-state index contributed by atoms with van der Waals surface area (Å²) >= 11 is 1.33. The number of rotatable bonds is 6. The first-order chi connectivity index (χ1) is 13.8. The SMILES string of the molecule is Cc1cc(NC(=O)C(C)(C)C)sc1C(=O)NCC(c1ccccc1)N1CCCC1. The van der Waals surface area contributed by atoms with Crippen molar-refractivity contribution in [3.05, 3.63) is 52.4 Å². The third-order valence-corrected chi connectivity index (χ3v) is 6.41. The number of nitrogens with zero attached hydrogens (tertiary/aromatic N) is 1. The summed E-state index contributed by atoms with van der Waals surface area (Å²) < 4.78 is 0. The maximum absolute atomic E-state index is 12.9. The molecular formula is C23H31N3O2S. The Morgan fingerprint density at radius 3 is 2.41 bits per heavy atom. The van der Waals surface area contributed by atoms with E-state index in [0.29, 0.717) is 16.4 Å². The van der Waals surface area contributed by atoms with Crippen LogP contribution in [0.2, 0.25) is 0 Å². The number of hydrogen-bond acceptors (Lipinski definition) is 4. The molecule has 156 valence electrons. The number of amides is 2. The number of carbonyl (C=O) groups is 2. The average molecular weight is 414 g/mol. The van der Waals surface area contributed by atoms with E-state index in [1.54, 1.807) is 0 Å². The summed E-state index contributed by atoms with van der Waals surface area (Å²) in [6.07, 6.45) is 2.41. The zero-order chi connectivity index (χ0) is 21.0. The molecule has 1 aliphatic rings. The Morgan fingerprint density at radius 2 is 1.79 bits per heavy atom. The zero-order valence-corrected chi connectivity index (χ0v) is 18.6. The molecule has 29 heavy (non-hydrogen) atoms. The molecule has 1 unspecified atom stereocenters. The fourth-order valence-corrected chi connectivity index (χ4v) is 4.51. The van der Waals surface area contributed by atoms with Crippen LogP contribution < -0.4 is 10.6 Å². The van der Waals surface area contributed by atoms with Crippen molar-refractivity contribution in [3.8, 4) is 0 Å². The number of thiophene rings is 1. The zero-order valence-electron chi connectivity index (χ0n) is 17.7. The van der Waals surface area contributed by atoms with Gasteiger partial charge in [-0.25, -0.2) is 0 Å². The molecule has 0 aliphatic carbocycles. The van der Waals surface area contributed by atoms with Gasteiger partial charge in [0.05, 0.1) is 15.9 Å². The van der Waals surface area contributed by atoms with Crippen molar-refractivity contribution in [2.24, 2.45) is 5.41 Å². The van der Waals surface area contributed by atoms with Crippen molar-refractivity contribution in [3.63, 3.8) is 0 Å². The Balaban J connectivity index is 1.68. The second-order valence-electron chi connectivity index (χ2n) is 8.71. The Bertz CT molecular complexity index is 849. The first-order valence-corrected chi connectivity index (χ1v) is 11.1. The maximum atomic E-state index is 12.9. The summed E-state index contributed by atoms with van der Waals surface area (Å²) in [6.45, 7) is 10.2. The lowest BCUT2D eigenvalue weighted by atomic mass is 9.96. The molecule has 2 heterocycles. The lowest BCUT2D eigenvalue weighted by molar-refractivity contribution is -0.123. The quantitative estimate of drug-likeness (QED) is 0.727. The third kappa shape index (κ3) is 5.46. The third-order valence-electron chi connectivity index (χ3n) is 5.26. The Labute approximate surface area is 177 Å². The van der Waals surface area contributed by atoms with Gasteiger partial charge in [0, 0.05) is 12.0 Å². The minimum atomic E-state index is -0.473. The van der Waals surface area contributed by atoms with E-state index in [-0.39, 0.29) is 17.9 Å². The number of likely N-dealkylation sites (tertiary alicyclic amines) is 1. The molecule has 3 rings (SSSR count). The highest BCUT2D eigenvalue weighted by Gasteiger charge is 2.25. The fourth-order valence-electron chi connectivity index (χ4n) is 3.52. The molecule has 2 amide bonds. The molecule has 1 aromatic heterocycles. The van der Waals surface area contributed by atoms with Gasteiger partial charge < -0.3 is 10.6 Å². The fraction of sp³-hybridized carbons (Fsp3) is 0.478. The normalized spacial score (nSPS) is 15.9. The Kier molecular flexibility index (Phi) is 6.75. The summed E-state index contributed by atoms with van der Waals surface area (Å²) in [5.74, 6) is -0.132. The maximum Gasteiger partial charge on any atom is 0.261 e.